The highest BCUT2D eigenvalue weighted by Gasteiger charge is 1.95. The molecule has 0 spiro atoms. The lowest BCUT2D eigenvalue weighted by atomic mass is 10.6. The number of nitrogens with one attached hydrogen (secondary N) is 1. The van der Waals surface area contributed by atoms with Crippen LogP contribution in [0.3, 0.4) is 0 Å². The van der Waals surface area contributed by atoms with E-state index in [0.29, 0.717) is 5.65 Å². The highest BCUT2D eigenvalue weighted by molar-refractivity contribution is 5.85. The van der Waals surface area contributed by atoms with E-state index in [4.69, 9.17) is 5.73 Å². The molecule has 2 aromatic heterocycles. The Morgan fingerprint density at radius 1 is 1.36 bits per heavy atom. The summed E-state index contributed by atoms with van der Waals surface area (Å²) in [5.74, 6) is 0.261. The number of nitrogens with two attached hydrogens (primary N) is 1. The first-order valence-corrected chi connectivity index (χ1v) is 2.78. The molecule has 6 heteroatoms. The fourth-order valence-electron chi connectivity index (χ4n) is 0.753. The van der Waals surface area contributed by atoms with Crippen LogP contribution in [0.4, 0.5) is 5.95 Å². The van der Waals surface area contributed by atoms with Crippen molar-refractivity contribution >= 4 is 29.5 Å². The van der Waals surface area contributed by atoms with Crippen molar-refractivity contribution in [2.75, 3.05) is 5.73 Å². The Kier molecular flexibility index (Phi) is 1.91. The molecule has 0 saturated heterocycles. The van der Waals surface area contributed by atoms with Crippen LogP contribution in [-0.4, -0.2) is 19.9 Å². The average Bonchev–Trinajstić information content (AvgIpc) is 2.33. The molecule has 0 unspecified atom stereocenters. The van der Waals surface area contributed by atoms with Gasteiger partial charge in [0.1, 0.15) is 5.52 Å². The van der Waals surface area contributed by atoms with Crippen molar-refractivity contribution in [3.63, 3.8) is 0 Å². The van der Waals surface area contributed by atoms with E-state index in [2.05, 4.69) is 19.9 Å². The molecule has 0 saturated carbocycles. The summed E-state index contributed by atoms with van der Waals surface area (Å²) in [4.78, 5) is 14.4. The van der Waals surface area contributed by atoms with Crippen LogP contribution in [0.25, 0.3) is 11.2 Å². The van der Waals surface area contributed by atoms with Crippen molar-refractivity contribution in [2.45, 2.75) is 0 Å². The Balaban J connectivity index is 0.000000605. The van der Waals surface area contributed by atoms with E-state index in [-0.39, 0.29) is 18.4 Å². The monoisotopic (exact) mass is 171 g/mol. The quantitative estimate of drug-likeness (QED) is 0.600. The molecule has 2 rings (SSSR count). The third kappa shape index (κ3) is 1.22. The molecule has 11 heavy (non-hydrogen) atoms. The molecule has 0 amide bonds. The molecule has 2 heterocycles. The third-order valence-corrected chi connectivity index (χ3v) is 1.19. The van der Waals surface area contributed by atoms with E-state index in [1.165, 1.54) is 0 Å². The van der Waals surface area contributed by atoms with Crippen LogP contribution in [-0.2, 0) is 0 Å². The first kappa shape index (κ1) is 7.74. The van der Waals surface area contributed by atoms with Crippen LogP contribution < -0.4 is 5.73 Å². The van der Waals surface area contributed by atoms with Gasteiger partial charge in [-0.05, 0) is 0 Å². The van der Waals surface area contributed by atoms with Crippen molar-refractivity contribution in [2.24, 2.45) is 0 Å². The van der Waals surface area contributed by atoms with Crippen LogP contribution in [0.5, 0.6) is 0 Å². The SMILES string of the molecule is Cl.Nc1ncc2nc[nH]c2n1. The van der Waals surface area contributed by atoms with E-state index in [9.17, 15) is 0 Å². The van der Waals surface area contributed by atoms with Gasteiger partial charge < -0.3 is 10.7 Å². The van der Waals surface area contributed by atoms with E-state index < -0.39 is 0 Å². The molecule has 58 valence electrons. The van der Waals surface area contributed by atoms with Crippen molar-refractivity contribution < 1.29 is 0 Å². The number of aromatic nitrogens is 4. The van der Waals surface area contributed by atoms with Crippen molar-refractivity contribution in [3.8, 4) is 0 Å². The number of aromatic amines is 1. The molecule has 3 N–H and O–H groups in total. The van der Waals surface area contributed by atoms with Gasteiger partial charge in [-0.25, -0.2) is 9.97 Å². The van der Waals surface area contributed by atoms with Crippen molar-refractivity contribution in [1.29, 1.82) is 0 Å². The standard InChI is InChI=1S/C5H5N5.ClH/c6-5-7-1-3-4(10-5)9-2-8-3;/h1-2H,(H3,6,7,8,9,10);1H. The van der Waals surface area contributed by atoms with Crippen LogP contribution in [0.15, 0.2) is 12.5 Å². The minimum absolute atomic E-state index is 0. The summed E-state index contributed by atoms with van der Waals surface area (Å²) < 4.78 is 0. The Bertz CT molecular complexity index is 356. The largest absolute Gasteiger partial charge is 0.368 e. The summed E-state index contributed by atoms with van der Waals surface area (Å²) in [5, 5.41) is 0. The normalized spacial score (nSPS) is 9.45. The van der Waals surface area contributed by atoms with Gasteiger partial charge in [-0.3, -0.25) is 0 Å². The van der Waals surface area contributed by atoms with E-state index in [1.54, 1.807) is 12.5 Å². The van der Waals surface area contributed by atoms with Crippen molar-refractivity contribution in [1.82, 2.24) is 19.9 Å². The molecule has 0 bridgehead atoms. The minimum Gasteiger partial charge on any atom is -0.368 e. The molecule has 0 aliphatic heterocycles. The van der Waals surface area contributed by atoms with E-state index in [0.717, 1.165) is 5.52 Å². The van der Waals surface area contributed by atoms with Gasteiger partial charge in [0.15, 0.2) is 5.65 Å². The number of imidazole rings is 1. The third-order valence-electron chi connectivity index (χ3n) is 1.19. The zero-order valence-corrected chi connectivity index (χ0v) is 6.30. The summed E-state index contributed by atoms with van der Waals surface area (Å²) in [6, 6.07) is 0. The van der Waals surface area contributed by atoms with Crippen LogP contribution >= 0.6 is 12.4 Å². The predicted molar refractivity (Wildman–Crippen MR) is 43.3 cm³/mol. The molecule has 0 aliphatic rings. The fourth-order valence-corrected chi connectivity index (χ4v) is 0.753. The first-order chi connectivity index (χ1) is 4.86. The second-order valence-electron chi connectivity index (χ2n) is 1.86. The summed E-state index contributed by atoms with van der Waals surface area (Å²) in [7, 11) is 0. The number of halogens is 1. The van der Waals surface area contributed by atoms with Gasteiger partial charge in [-0.2, -0.15) is 4.98 Å². The minimum atomic E-state index is 0. The van der Waals surface area contributed by atoms with E-state index in [1.807, 2.05) is 0 Å². The molecule has 0 fully saturated rings. The molecule has 5 nitrogen and oxygen atoms in total. The first-order valence-electron chi connectivity index (χ1n) is 2.78. The fraction of sp³-hybridized carbons (Fsp3) is 0. The lowest BCUT2D eigenvalue weighted by Gasteiger charge is -1.87. The second kappa shape index (κ2) is 2.71. The number of anilines is 1. The highest BCUT2D eigenvalue weighted by Crippen LogP contribution is 2.03. The number of fused-ring (bicyclic) bond motifs is 1. The molecule has 0 aromatic carbocycles. The van der Waals surface area contributed by atoms with E-state index >= 15 is 0 Å². The summed E-state index contributed by atoms with van der Waals surface area (Å²) in [5.41, 5.74) is 6.72. The van der Waals surface area contributed by atoms with Gasteiger partial charge in [0.25, 0.3) is 0 Å². The van der Waals surface area contributed by atoms with Gasteiger partial charge >= 0.3 is 0 Å². The average molecular weight is 172 g/mol. The van der Waals surface area contributed by atoms with Crippen LogP contribution in [0, 0.1) is 0 Å². The summed E-state index contributed by atoms with van der Waals surface area (Å²) in [6.45, 7) is 0. The van der Waals surface area contributed by atoms with Gasteiger partial charge in [-0.15, -0.1) is 12.4 Å². The Labute approximate surface area is 68.5 Å². The Hall–Kier alpha value is -1.36. The number of hydrogen-bond donors (Lipinski definition) is 2. The molecule has 0 atom stereocenters. The lowest BCUT2D eigenvalue weighted by Crippen LogP contribution is -1.93. The number of nitrogens with zero attached hydrogens (tertiary/aromatic N) is 3. The van der Waals surface area contributed by atoms with Crippen LogP contribution in [0.1, 0.15) is 0 Å². The maximum atomic E-state index is 5.31. The maximum Gasteiger partial charge on any atom is 0.222 e. The topological polar surface area (TPSA) is 80.5 Å². The number of nitrogen functional groups attached to an aromatic ring is 1. The van der Waals surface area contributed by atoms with Crippen molar-refractivity contribution in [3.05, 3.63) is 12.5 Å². The zero-order chi connectivity index (χ0) is 6.97. The smallest absolute Gasteiger partial charge is 0.222 e. The summed E-state index contributed by atoms with van der Waals surface area (Å²) in [6.07, 6.45) is 3.13. The maximum absolute atomic E-state index is 5.31. The van der Waals surface area contributed by atoms with Crippen LogP contribution in [0.2, 0.25) is 0 Å². The molecule has 2 aromatic rings. The molecule has 0 radical (unpaired) electrons. The Morgan fingerprint density at radius 2 is 2.18 bits per heavy atom. The Morgan fingerprint density at radius 3 is 3.00 bits per heavy atom. The second-order valence-corrected chi connectivity index (χ2v) is 1.86. The van der Waals surface area contributed by atoms with Gasteiger partial charge in [0.05, 0.1) is 12.5 Å². The lowest BCUT2D eigenvalue weighted by molar-refractivity contribution is 1.22. The number of H-pyrrole nitrogens is 1. The summed E-state index contributed by atoms with van der Waals surface area (Å²) >= 11 is 0. The predicted octanol–water partition coefficient (Wildman–Crippen LogP) is 0.357. The molecule has 0 aliphatic carbocycles. The molecular formula is C5H6ClN5. The van der Waals surface area contributed by atoms with Gasteiger partial charge in [0, 0.05) is 0 Å². The highest BCUT2D eigenvalue weighted by atomic mass is 35.5. The number of hydrogen-bond acceptors (Lipinski definition) is 4. The van der Waals surface area contributed by atoms with Gasteiger partial charge in [0.2, 0.25) is 5.95 Å². The van der Waals surface area contributed by atoms with Gasteiger partial charge in [-0.1, -0.05) is 0 Å². The number of rotatable bonds is 0. The molecular weight excluding hydrogens is 166 g/mol. The zero-order valence-electron chi connectivity index (χ0n) is 5.48.